The Balaban J connectivity index is 1.56. The fraction of sp³-hybridized carbons (Fsp3) is 0.409. The molecule has 1 saturated heterocycles. The Morgan fingerprint density at radius 2 is 1.97 bits per heavy atom. The van der Waals surface area contributed by atoms with Crippen molar-refractivity contribution in [3.8, 4) is 0 Å². The maximum atomic E-state index is 11.5. The van der Waals surface area contributed by atoms with Crippen LogP contribution in [0.15, 0.2) is 43.0 Å². The van der Waals surface area contributed by atoms with Gasteiger partial charge in [-0.3, -0.25) is 14.2 Å². The fourth-order valence-corrected chi connectivity index (χ4v) is 3.76. The molecule has 2 aromatic heterocycles. The van der Waals surface area contributed by atoms with Crippen molar-refractivity contribution in [3.63, 3.8) is 0 Å². The number of esters is 2. The third-order valence-electron chi connectivity index (χ3n) is 5.27. The van der Waals surface area contributed by atoms with E-state index in [-0.39, 0.29) is 12.6 Å². The molecule has 1 aliphatic rings. The second-order valence-corrected chi connectivity index (χ2v) is 7.64. The molecule has 1 N–H and O–H groups in total. The Kier molecular flexibility index (Phi) is 6.31. The van der Waals surface area contributed by atoms with Crippen LogP contribution in [0.25, 0.3) is 11.2 Å². The molecular weight excluding hydrogens is 414 g/mol. The lowest BCUT2D eigenvalue weighted by Crippen LogP contribution is -2.31. The molecule has 0 bridgehead atoms. The summed E-state index contributed by atoms with van der Waals surface area (Å²) in [5, 5.41) is 3.39. The number of hydrogen-bond acceptors (Lipinski definition) is 9. The first-order valence-electron chi connectivity index (χ1n) is 10.4. The molecule has 4 atom stereocenters. The van der Waals surface area contributed by atoms with E-state index >= 15 is 0 Å². The minimum absolute atomic E-state index is 0.00715. The number of anilines is 1. The number of nitrogens with one attached hydrogen (secondary N) is 1. The van der Waals surface area contributed by atoms with Crippen LogP contribution in [-0.2, 0) is 23.8 Å². The second kappa shape index (κ2) is 9.31. The maximum absolute atomic E-state index is 11.5. The van der Waals surface area contributed by atoms with E-state index in [0.717, 1.165) is 5.56 Å². The highest BCUT2D eigenvalue weighted by atomic mass is 16.6. The lowest BCUT2D eigenvalue weighted by atomic mass is 10.1. The first kappa shape index (κ1) is 21.7. The first-order chi connectivity index (χ1) is 15.4. The Bertz CT molecular complexity index is 1100. The molecule has 1 aromatic carbocycles. The highest BCUT2D eigenvalue weighted by Gasteiger charge is 2.40. The SMILES string of the molecule is CC(=O)OCC1OC(n2cnc3c(NC(C)c4ccccc4)ncnc32)CC1OC(C)=O. The van der Waals surface area contributed by atoms with E-state index < -0.39 is 30.4 Å². The van der Waals surface area contributed by atoms with Crippen molar-refractivity contribution in [2.45, 2.75) is 51.7 Å². The Hall–Kier alpha value is -3.53. The molecule has 168 valence electrons. The third kappa shape index (κ3) is 4.70. The van der Waals surface area contributed by atoms with Gasteiger partial charge in [-0.1, -0.05) is 30.3 Å². The van der Waals surface area contributed by atoms with Crippen molar-refractivity contribution in [1.82, 2.24) is 19.5 Å². The number of carbonyl (C=O) groups is 2. The van der Waals surface area contributed by atoms with E-state index in [2.05, 4.69) is 20.3 Å². The summed E-state index contributed by atoms with van der Waals surface area (Å²) < 4.78 is 18.3. The molecule has 10 heteroatoms. The van der Waals surface area contributed by atoms with Gasteiger partial charge < -0.3 is 19.5 Å². The number of nitrogens with zero attached hydrogens (tertiary/aromatic N) is 4. The molecule has 4 rings (SSSR count). The predicted octanol–water partition coefficient (Wildman–Crippen LogP) is 2.78. The van der Waals surface area contributed by atoms with Gasteiger partial charge in [-0.2, -0.15) is 0 Å². The summed E-state index contributed by atoms with van der Waals surface area (Å²) in [6.07, 6.45) is 1.86. The Morgan fingerprint density at radius 3 is 2.69 bits per heavy atom. The Morgan fingerprint density at radius 1 is 1.19 bits per heavy atom. The zero-order chi connectivity index (χ0) is 22.7. The van der Waals surface area contributed by atoms with Crippen molar-refractivity contribution in [3.05, 3.63) is 48.5 Å². The zero-order valence-electron chi connectivity index (χ0n) is 18.1. The highest BCUT2D eigenvalue weighted by molar-refractivity contribution is 5.82. The first-order valence-corrected chi connectivity index (χ1v) is 10.4. The van der Waals surface area contributed by atoms with Gasteiger partial charge in [0.15, 0.2) is 17.0 Å². The zero-order valence-corrected chi connectivity index (χ0v) is 18.1. The molecule has 32 heavy (non-hydrogen) atoms. The van der Waals surface area contributed by atoms with Gasteiger partial charge in [0.2, 0.25) is 0 Å². The van der Waals surface area contributed by atoms with Gasteiger partial charge in [0, 0.05) is 20.3 Å². The smallest absolute Gasteiger partial charge is 0.303 e. The fourth-order valence-electron chi connectivity index (χ4n) is 3.76. The summed E-state index contributed by atoms with van der Waals surface area (Å²) in [4.78, 5) is 36.0. The van der Waals surface area contributed by atoms with Crippen LogP contribution < -0.4 is 5.32 Å². The number of fused-ring (bicyclic) bond motifs is 1. The van der Waals surface area contributed by atoms with Crippen molar-refractivity contribution in [2.24, 2.45) is 0 Å². The quantitative estimate of drug-likeness (QED) is 0.554. The summed E-state index contributed by atoms with van der Waals surface area (Å²) in [5.41, 5.74) is 2.31. The van der Waals surface area contributed by atoms with E-state index in [1.807, 2.05) is 37.3 Å². The summed E-state index contributed by atoms with van der Waals surface area (Å²) in [6.45, 7) is 4.69. The molecule has 0 amide bonds. The lowest BCUT2D eigenvalue weighted by molar-refractivity contribution is -0.155. The average Bonchev–Trinajstić information content (AvgIpc) is 3.37. The van der Waals surface area contributed by atoms with Gasteiger partial charge in [-0.05, 0) is 12.5 Å². The van der Waals surface area contributed by atoms with E-state index in [4.69, 9.17) is 14.2 Å². The van der Waals surface area contributed by atoms with Crippen LogP contribution in [0.4, 0.5) is 5.82 Å². The molecule has 3 heterocycles. The largest absolute Gasteiger partial charge is 0.463 e. The lowest BCUT2D eigenvalue weighted by Gasteiger charge is -2.17. The van der Waals surface area contributed by atoms with Crippen molar-refractivity contribution in [2.75, 3.05) is 11.9 Å². The number of rotatable bonds is 7. The van der Waals surface area contributed by atoms with Gasteiger partial charge in [0.25, 0.3) is 0 Å². The number of hydrogen-bond donors (Lipinski definition) is 1. The van der Waals surface area contributed by atoms with Crippen molar-refractivity contribution < 1.29 is 23.8 Å². The highest BCUT2D eigenvalue weighted by Crippen LogP contribution is 2.34. The number of aromatic nitrogens is 4. The monoisotopic (exact) mass is 439 g/mol. The number of ether oxygens (including phenoxy) is 3. The van der Waals surface area contributed by atoms with Gasteiger partial charge >= 0.3 is 11.9 Å². The standard InChI is InChI=1S/C22H25N5O5/c1-13(16-7-5-4-6-8-16)26-21-20-22(24-11-23-21)27(12-25-20)19-9-17(31-15(3)29)18(32-19)10-30-14(2)28/h4-8,11-13,17-19H,9-10H2,1-3H3,(H,23,24,26). The molecule has 4 unspecified atom stereocenters. The number of carbonyl (C=O) groups excluding carboxylic acids is 2. The molecule has 10 nitrogen and oxygen atoms in total. The summed E-state index contributed by atoms with van der Waals surface area (Å²) in [6, 6.07) is 10.0. The van der Waals surface area contributed by atoms with Crippen molar-refractivity contribution >= 4 is 28.9 Å². The molecule has 0 saturated carbocycles. The van der Waals surface area contributed by atoms with Crippen molar-refractivity contribution in [1.29, 1.82) is 0 Å². The molecule has 1 aliphatic heterocycles. The predicted molar refractivity (Wildman–Crippen MR) is 115 cm³/mol. The maximum Gasteiger partial charge on any atom is 0.303 e. The minimum Gasteiger partial charge on any atom is -0.463 e. The molecule has 1 fully saturated rings. The summed E-state index contributed by atoms with van der Waals surface area (Å²) in [5.74, 6) is -0.245. The van der Waals surface area contributed by atoms with Gasteiger partial charge in [0.1, 0.15) is 31.4 Å². The molecule has 0 radical (unpaired) electrons. The van der Waals surface area contributed by atoms with Crippen LogP contribution in [0.2, 0.25) is 0 Å². The van der Waals surface area contributed by atoms with Gasteiger partial charge in [0.05, 0.1) is 12.4 Å². The van der Waals surface area contributed by atoms with Crippen LogP contribution in [0.5, 0.6) is 0 Å². The number of imidazole rings is 1. The van der Waals surface area contributed by atoms with Gasteiger partial charge in [-0.15, -0.1) is 0 Å². The third-order valence-corrected chi connectivity index (χ3v) is 5.27. The van der Waals surface area contributed by atoms with Crippen LogP contribution >= 0.6 is 0 Å². The van der Waals surface area contributed by atoms with Gasteiger partial charge in [-0.25, -0.2) is 15.0 Å². The molecule has 0 aliphatic carbocycles. The number of benzene rings is 1. The van der Waals surface area contributed by atoms with E-state index in [1.54, 1.807) is 10.9 Å². The molecule has 0 spiro atoms. The van der Waals surface area contributed by atoms with E-state index in [0.29, 0.717) is 23.4 Å². The Labute approximate surface area is 184 Å². The van der Waals surface area contributed by atoms with E-state index in [9.17, 15) is 9.59 Å². The molecular formula is C22H25N5O5. The molecule has 3 aromatic rings. The van der Waals surface area contributed by atoms with Crippen LogP contribution in [0, 0.1) is 0 Å². The summed E-state index contributed by atoms with van der Waals surface area (Å²) >= 11 is 0. The minimum atomic E-state index is -0.581. The normalized spacial score (nSPS) is 21.3. The van der Waals surface area contributed by atoms with Crippen LogP contribution in [-0.4, -0.2) is 50.3 Å². The van der Waals surface area contributed by atoms with Crippen LogP contribution in [0.3, 0.4) is 0 Å². The van der Waals surface area contributed by atoms with Crippen LogP contribution in [0.1, 0.15) is 45.0 Å². The van der Waals surface area contributed by atoms with E-state index in [1.165, 1.54) is 20.2 Å². The average molecular weight is 439 g/mol. The summed E-state index contributed by atoms with van der Waals surface area (Å²) in [7, 11) is 0. The second-order valence-electron chi connectivity index (χ2n) is 7.64. The topological polar surface area (TPSA) is 117 Å².